The molecule has 148 valence electrons. The van der Waals surface area contributed by atoms with E-state index in [0.29, 0.717) is 23.1 Å². The van der Waals surface area contributed by atoms with Crippen molar-refractivity contribution in [1.82, 2.24) is 5.43 Å². The number of carbonyl (C=O) groups is 1. The Labute approximate surface area is 174 Å². The minimum absolute atomic E-state index is 0.181. The summed E-state index contributed by atoms with van der Waals surface area (Å²) < 4.78 is 11.2. The molecule has 0 unspecified atom stereocenters. The predicted molar refractivity (Wildman–Crippen MR) is 115 cm³/mol. The first-order valence-electron chi connectivity index (χ1n) is 9.06. The second-order valence-corrected chi connectivity index (χ2v) is 6.65. The van der Waals surface area contributed by atoms with E-state index in [4.69, 9.17) is 21.1 Å². The van der Waals surface area contributed by atoms with Gasteiger partial charge in [0.2, 0.25) is 5.91 Å². The van der Waals surface area contributed by atoms with E-state index in [0.717, 1.165) is 16.7 Å². The summed E-state index contributed by atoms with van der Waals surface area (Å²) in [6.45, 7) is 0.332. The van der Waals surface area contributed by atoms with Gasteiger partial charge in [-0.15, -0.1) is 0 Å². The van der Waals surface area contributed by atoms with Gasteiger partial charge in [-0.25, -0.2) is 5.43 Å². The van der Waals surface area contributed by atoms with Crippen molar-refractivity contribution in [2.45, 2.75) is 13.0 Å². The number of ether oxygens (including phenoxy) is 2. The van der Waals surface area contributed by atoms with Gasteiger partial charge in [0.25, 0.3) is 0 Å². The van der Waals surface area contributed by atoms with Crippen molar-refractivity contribution in [2.24, 2.45) is 5.10 Å². The number of hydrogen-bond acceptors (Lipinski definition) is 4. The zero-order valence-corrected chi connectivity index (χ0v) is 16.7. The molecule has 5 nitrogen and oxygen atoms in total. The molecule has 0 saturated carbocycles. The number of nitrogens with one attached hydrogen (secondary N) is 1. The predicted octanol–water partition coefficient (Wildman–Crippen LogP) is 4.62. The van der Waals surface area contributed by atoms with E-state index in [2.05, 4.69) is 10.5 Å². The molecule has 1 amide bonds. The molecule has 0 heterocycles. The van der Waals surface area contributed by atoms with Crippen LogP contribution in [-0.4, -0.2) is 19.2 Å². The van der Waals surface area contributed by atoms with Crippen molar-refractivity contribution in [2.75, 3.05) is 7.11 Å². The summed E-state index contributed by atoms with van der Waals surface area (Å²) in [5.41, 5.74) is 5.12. The first kappa shape index (κ1) is 20.4. The molecule has 0 aromatic heterocycles. The Bertz CT molecular complexity index is 990. The van der Waals surface area contributed by atoms with Crippen LogP contribution in [0.5, 0.6) is 11.5 Å². The third-order valence-electron chi connectivity index (χ3n) is 4.14. The Balaban J connectivity index is 1.58. The van der Waals surface area contributed by atoms with Gasteiger partial charge in [0.1, 0.15) is 6.61 Å². The lowest BCUT2D eigenvalue weighted by atomic mass is 10.1. The maximum atomic E-state index is 11.9. The molecule has 0 radical (unpaired) electrons. The Morgan fingerprint density at radius 2 is 1.79 bits per heavy atom. The summed E-state index contributed by atoms with van der Waals surface area (Å²) in [6, 6.07) is 22.4. The molecule has 0 atom stereocenters. The fraction of sp³-hybridized carbons (Fsp3) is 0.130. The van der Waals surface area contributed by atoms with Gasteiger partial charge in [0, 0.05) is 10.6 Å². The molecule has 3 aromatic rings. The lowest BCUT2D eigenvalue weighted by Gasteiger charge is -2.12. The largest absolute Gasteiger partial charge is 0.493 e. The molecule has 0 aliphatic rings. The van der Waals surface area contributed by atoms with Crippen LogP contribution >= 0.6 is 11.6 Å². The molecule has 0 aliphatic carbocycles. The van der Waals surface area contributed by atoms with E-state index in [1.807, 2.05) is 60.7 Å². The first-order chi connectivity index (χ1) is 14.2. The average molecular weight is 409 g/mol. The van der Waals surface area contributed by atoms with Crippen LogP contribution in [0.3, 0.4) is 0 Å². The molecular formula is C23H21ClN2O3. The van der Waals surface area contributed by atoms with Crippen LogP contribution in [-0.2, 0) is 17.8 Å². The van der Waals surface area contributed by atoms with Crippen LogP contribution in [0.1, 0.15) is 16.7 Å². The number of hydrogen-bond donors (Lipinski definition) is 1. The molecule has 29 heavy (non-hydrogen) atoms. The summed E-state index contributed by atoms with van der Waals surface area (Å²) in [4.78, 5) is 11.9. The normalized spacial score (nSPS) is 10.7. The SMILES string of the molecule is COc1cc(/C=N\NC(=O)Cc2ccccc2)ccc1OCc1ccccc1Cl. The van der Waals surface area contributed by atoms with Gasteiger partial charge in [-0.1, -0.05) is 60.1 Å². The molecule has 1 N–H and O–H groups in total. The second kappa shape index (κ2) is 10.3. The van der Waals surface area contributed by atoms with E-state index in [-0.39, 0.29) is 12.3 Å². The fourth-order valence-corrected chi connectivity index (χ4v) is 2.84. The topological polar surface area (TPSA) is 59.9 Å². The van der Waals surface area contributed by atoms with Crippen molar-refractivity contribution in [1.29, 1.82) is 0 Å². The third kappa shape index (κ3) is 6.09. The fourth-order valence-electron chi connectivity index (χ4n) is 2.65. The van der Waals surface area contributed by atoms with Crippen LogP contribution in [0.2, 0.25) is 5.02 Å². The van der Waals surface area contributed by atoms with E-state index >= 15 is 0 Å². The van der Waals surface area contributed by atoms with E-state index in [1.165, 1.54) is 0 Å². The van der Waals surface area contributed by atoms with Gasteiger partial charge in [-0.05, 0) is 35.4 Å². The average Bonchev–Trinajstić information content (AvgIpc) is 2.74. The standard InChI is InChI=1S/C23H21ClN2O3/c1-28-22-13-18(15-25-26-23(27)14-17-7-3-2-4-8-17)11-12-21(22)29-16-19-9-5-6-10-20(19)24/h2-13,15H,14,16H2,1H3,(H,26,27)/b25-15-. The van der Waals surface area contributed by atoms with Crippen molar-refractivity contribution in [3.05, 3.63) is 94.5 Å². The highest BCUT2D eigenvalue weighted by Gasteiger charge is 2.07. The number of halogens is 1. The molecule has 3 rings (SSSR count). The molecular weight excluding hydrogens is 388 g/mol. The van der Waals surface area contributed by atoms with Crippen LogP contribution in [0.25, 0.3) is 0 Å². The summed E-state index contributed by atoms with van der Waals surface area (Å²) in [5, 5.41) is 4.66. The van der Waals surface area contributed by atoms with E-state index < -0.39 is 0 Å². The summed E-state index contributed by atoms with van der Waals surface area (Å²) >= 11 is 6.16. The number of amides is 1. The lowest BCUT2D eigenvalue weighted by Crippen LogP contribution is -2.19. The maximum absolute atomic E-state index is 11.9. The van der Waals surface area contributed by atoms with Gasteiger partial charge in [0.05, 0.1) is 19.7 Å². The molecule has 0 aliphatic heterocycles. The highest BCUT2D eigenvalue weighted by atomic mass is 35.5. The molecule has 0 spiro atoms. The number of hydrazone groups is 1. The van der Waals surface area contributed by atoms with Crippen molar-refractivity contribution in [3.63, 3.8) is 0 Å². The zero-order valence-electron chi connectivity index (χ0n) is 16.0. The Morgan fingerprint density at radius 1 is 1.03 bits per heavy atom. The number of nitrogens with zero attached hydrogens (tertiary/aromatic N) is 1. The monoisotopic (exact) mass is 408 g/mol. The summed E-state index contributed by atoms with van der Waals surface area (Å²) in [5.74, 6) is 0.980. The Morgan fingerprint density at radius 3 is 2.55 bits per heavy atom. The van der Waals surface area contributed by atoms with E-state index in [9.17, 15) is 4.79 Å². The maximum Gasteiger partial charge on any atom is 0.244 e. The summed E-state index contributed by atoms with van der Waals surface area (Å²) in [7, 11) is 1.57. The lowest BCUT2D eigenvalue weighted by molar-refractivity contribution is -0.120. The van der Waals surface area contributed by atoms with Crippen LogP contribution < -0.4 is 14.9 Å². The molecule has 0 saturated heterocycles. The van der Waals surface area contributed by atoms with Gasteiger partial charge >= 0.3 is 0 Å². The number of benzene rings is 3. The van der Waals surface area contributed by atoms with Crippen molar-refractivity contribution < 1.29 is 14.3 Å². The highest BCUT2D eigenvalue weighted by molar-refractivity contribution is 6.31. The molecule has 3 aromatic carbocycles. The van der Waals surface area contributed by atoms with Gasteiger partial charge in [0.15, 0.2) is 11.5 Å². The van der Waals surface area contributed by atoms with Gasteiger partial charge < -0.3 is 9.47 Å². The van der Waals surface area contributed by atoms with Crippen LogP contribution in [0.15, 0.2) is 77.9 Å². The summed E-state index contributed by atoms with van der Waals surface area (Å²) in [6.07, 6.45) is 1.83. The van der Waals surface area contributed by atoms with Crippen molar-refractivity contribution >= 4 is 23.7 Å². The van der Waals surface area contributed by atoms with Gasteiger partial charge in [-0.3, -0.25) is 4.79 Å². The minimum Gasteiger partial charge on any atom is -0.493 e. The quantitative estimate of drug-likeness (QED) is 0.437. The van der Waals surface area contributed by atoms with Crippen LogP contribution in [0, 0.1) is 0 Å². The second-order valence-electron chi connectivity index (χ2n) is 6.25. The molecule has 6 heteroatoms. The number of methoxy groups -OCH3 is 1. The minimum atomic E-state index is -0.181. The zero-order chi connectivity index (χ0) is 20.5. The van der Waals surface area contributed by atoms with Crippen LogP contribution in [0.4, 0.5) is 0 Å². The molecule has 0 bridgehead atoms. The Kier molecular flexibility index (Phi) is 7.25. The third-order valence-corrected chi connectivity index (χ3v) is 4.51. The van der Waals surface area contributed by atoms with Gasteiger partial charge in [-0.2, -0.15) is 5.10 Å². The number of rotatable bonds is 8. The van der Waals surface area contributed by atoms with Crippen molar-refractivity contribution in [3.8, 4) is 11.5 Å². The number of carbonyl (C=O) groups excluding carboxylic acids is 1. The Hall–Kier alpha value is -3.31. The smallest absolute Gasteiger partial charge is 0.244 e. The highest BCUT2D eigenvalue weighted by Crippen LogP contribution is 2.29. The van der Waals surface area contributed by atoms with E-state index in [1.54, 1.807) is 25.5 Å². The molecule has 0 fully saturated rings. The first-order valence-corrected chi connectivity index (χ1v) is 9.43.